The molecule has 1 aromatic heterocycles. The molecule has 0 aliphatic carbocycles. The van der Waals surface area contributed by atoms with Crippen LogP contribution in [0.15, 0.2) is 41.0 Å². The number of benzene rings is 1. The number of aryl methyl sites for hydroxylation is 1. The Kier molecular flexibility index (Phi) is 5.55. The second kappa shape index (κ2) is 7.40. The number of pyridine rings is 1. The third-order valence-electron chi connectivity index (χ3n) is 3.13. The number of anilines is 2. The number of rotatable bonds is 5. The third kappa shape index (κ3) is 4.56. The number of carbonyl (C=O) groups is 1. The molecule has 1 amide bonds. The standard InChI is InChI=1S/C17H20BrN3O/c1-11(2)9-19-16-7-4-13(10-20-16)17(22)21-14-5-6-15(18)12(3)8-14/h4-8,10-11H,9H2,1-3H3,(H,19,20)(H,21,22). The maximum Gasteiger partial charge on any atom is 0.257 e. The second-order valence-corrected chi connectivity index (χ2v) is 6.48. The van der Waals surface area contributed by atoms with E-state index >= 15 is 0 Å². The molecule has 0 saturated carbocycles. The summed E-state index contributed by atoms with van der Waals surface area (Å²) in [6.07, 6.45) is 1.59. The van der Waals surface area contributed by atoms with Crippen LogP contribution in [0, 0.1) is 12.8 Å². The molecule has 116 valence electrons. The van der Waals surface area contributed by atoms with Gasteiger partial charge in [0.1, 0.15) is 5.82 Å². The largest absolute Gasteiger partial charge is 0.370 e. The van der Waals surface area contributed by atoms with Crippen molar-refractivity contribution in [2.75, 3.05) is 17.2 Å². The lowest BCUT2D eigenvalue weighted by atomic mass is 10.2. The molecule has 0 aliphatic heterocycles. The van der Waals surface area contributed by atoms with Gasteiger partial charge in [0.15, 0.2) is 0 Å². The van der Waals surface area contributed by atoms with Gasteiger partial charge in [0, 0.05) is 22.9 Å². The monoisotopic (exact) mass is 361 g/mol. The molecule has 2 aromatic rings. The molecule has 4 nitrogen and oxygen atoms in total. The van der Waals surface area contributed by atoms with Crippen molar-refractivity contribution in [1.29, 1.82) is 0 Å². The van der Waals surface area contributed by atoms with Crippen molar-refractivity contribution in [2.45, 2.75) is 20.8 Å². The summed E-state index contributed by atoms with van der Waals surface area (Å²) in [5.74, 6) is 1.17. The Balaban J connectivity index is 2.01. The molecule has 0 unspecified atom stereocenters. The first-order valence-corrected chi connectivity index (χ1v) is 8.02. The summed E-state index contributed by atoms with van der Waals surface area (Å²) in [6, 6.07) is 9.30. The lowest BCUT2D eigenvalue weighted by Crippen LogP contribution is -2.13. The van der Waals surface area contributed by atoms with Gasteiger partial charge in [-0.1, -0.05) is 29.8 Å². The minimum absolute atomic E-state index is 0.162. The van der Waals surface area contributed by atoms with Crippen LogP contribution in [0.3, 0.4) is 0 Å². The van der Waals surface area contributed by atoms with Crippen LogP contribution in [0.1, 0.15) is 29.8 Å². The molecule has 0 saturated heterocycles. The van der Waals surface area contributed by atoms with Gasteiger partial charge in [-0.2, -0.15) is 0 Å². The molecular formula is C17H20BrN3O. The number of hydrogen-bond donors (Lipinski definition) is 2. The van der Waals surface area contributed by atoms with Gasteiger partial charge >= 0.3 is 0 Å². The molecule has 1 aromatic carbocycles. The van der Waals surface area contributed by atoms with Gasteiger partial charge in [0.25, 0.3) is 5.91 Å². The van der Waals surface area contributed by atoms with E-state index in [4.69, 9.17) is 0 Å². The van der Waals surface area contributed by atoms with Crippen molar-refractivity contribution in [2.24, 2.45) is 5.92 Å². The predicted molar refractivity (Wildman–Crippen MR) is 94.4 cm³/mol. The highest BCUT2D eigenvalue weighted by Crippen LogP contribution is 2.20. The molecule has 1 heterocycles. The fourth-order valence-electron chi connectivity index (χ4n) is 1.87. The summed E-state index contributed by atoms with van der Waals surface area (Å²) in [5, 5.41) is 6.10. The lowest BCUT2D eigenvalue weighted by molar-refractivity contribution is 0.102. The van der Waals surface area contributed by atoms with Crippen LogP contribution >= 0.6 is 15.9 Å². The van der Waals surface area contributed by atoms with Gasteiger partial charge < -0.3 is 10.6 Å². The van der Waals surface area contributed by atoms with E-state index in [1.165, 1.54) is 0 Å². The van der Waals surface area contributed by atoms with E-state index in [2.05, 4.69) is 45.4 Å². The van der Waals surface area contributed by atoms with E-state index in [-0.39, 0.29) is 5.91 Å². The lowest BCUT2D eigenvalue weighted by Gasteiger charge is -2.09. The predicted octanol–water partition coefficient (Wildman–Crippen LogP) is 4.47. The highest BCUT2D eigenvalue weighted by atomic mass is 79.9. The fraction of sp³-hybridized carbons (Fsp3) is 0.294. The normalized spacial score (nSPS) is 10.6. The molecular weight excluding hydrogens is 342 g/mol. The van der Waals surface area contributed by atoms with E-state index in [0.29, 0.717) is 11.5 Å². The Bertz CT molecular complexity index is 653. The average molecular weight is 362 g/mol. The van der Waals surface area contributed by atoms with Gasteiger partial charge in [-0.3, -0.25) is 4.79 Å². The molecule has 2 N–H and O–H groups in total. The van der Waals surface area contributed by atoms with Crippen LogP contribution in [-0.2, 0) is 0 Å². The van der Waals surface area contributed by atoms with Crippen LogP contribution in [0.4, 0.5) is 11.5 Å². The number of nitrogens with zero attached hydrogens (tertiary/aromatic N) is 1. The van der Waals surface area contributed by atoms with Gasteiger partial charge in [-0.15, -0.1) is 0 Å². The van der Waals surface area contributed by atoms with Crippen LogP contribution in [0.2, 0.25) is 0 Å². The Hall–Kier alpha value is -1.88. The summed E-state index contributed by atoms with van der Waals surface area (Å²) >= 11 is 3.44. The van der Waals surface area contributed by atoms with E-state index in [9.17, 15) is 4.79 Å². The minimum Gasteiger partial charge on any atom is -0.370 e. The first-order valence-electron chi connectivity index (χ1n) is 7.23. The summed E-state index contributed by atoms with van der Waals surface area (Å²) < 4.78 is 1.02. The SMILES string of the molecule is Cc1cc(NC(=O)c2ccc(NCC(C)C)nc2)ccc1Br. The third-order valence-corrected chi connectivity index (χ3v) is 4.02. The number of hydrogen-bond acceptors (Lipinski definition) is 3. The van der Waals surface area contributed by atoms with Gasteiger partial charge in [-0.25, -0.2) is 4.98 Å². The maximum atomic E-state index is 12.2. The van der Waals surface area contributed by atoms with Crippen LogP contribution in [0.5, 0.6) is 0 Å². The maximum absolute atomic E-state index is 12.2. The van der Waals surface area contributed by atoms with Gasteiger partial charge in [0.2, 0.25) is 0 Å². The molecule has 22 heavy (non-hydrogen) atoms. The van der Waals surface area contributed by atoms with Crippen molar-refractivity contribution in [3.63, 3.8) is 0 Å². The molecule has 2 rings (SSSR count). The van der Waals surface area contributed by atoms with Crippen LogP contribution in [-0.4, -0.2) is 17.4 Å². The molecule has 0 fully saturated rings. The number of aromatic nitrogens is 1. The van der Waals surface area contributed by atoms with Crippen molar-refractivity contribution >= 4 is 33.3 Å². The van der Waals surface area contributed by atoms with Crippen molar-refractivity contribution in [1.82, 2.24) is 4.98 Å². The number of amides is 1. The minimum atomic E-state index is -0.162. The van der Waals surface area contributed by atoms with E-state index in [1.807, 2.05) is 31.2 Å². The summed E-state index contributed by atoms with van der Waals surface area (Å²) in [6.45, 7) is 7.11. The van der Waals surface area contributed by atoms with Crippen LogP contribution in [0.25, 0.3) is 0 Å². The Labute approximate surface area is 139 Å². The fourth-order valence-corrected chi connectivity index (χ4v) is 2.11. The zero-order valence-corrected chi connectivity index (χ0v) is 14.6. The molecule has 0 radical (unpaired) electrons. The Morgan fingerprint density at radius 3 is 2.64 bits per heavy atom. The summed E-state index contributed by atoms with van der Waals surface area (Å²) in [5.41, 5.74) is 2.38. The van der Waals surface area contributed by atoms with Gasteiger partial charge in [-0.05, 0) is 48.7 Å². The Morgan fingerprint density at radius 2 is 2.05 bits per heavy atom. The summed E-state index contributed by atoms with van der Waals surface area (Å²) in [7, 11) is 0. The topological polar surface area (TPSA) is 54.0 Å². The summed E-state index contributed by atoms with van der Waals surface area (Å²) in [4.78, 5) is 16.5. The van der Waals surface area contributed by atoms with E-state index < -0.39 is 0 Å². The first kappa shape index (κ1) is 16.5. The van der Waals surface area contributed by atoms with Crippen molar-refractivity contribution < 1.29 is 4.79 Å². The van der Waals surface area contributed by atoms with Crippen LogP contribution < -0.4 is 10.6 Å². The highest BCUT2D eigenvalue weighted by molar-refractivity contribution is 9.10. The molecule has 0 atom stereocenters. The smallest absolute Gasteiger partial charge is 0.257 e. The molecule has 5 heteroatoms. The van der Waals surface area contributed by atoms with Gasteiger partial charge in [0.05, 0.1) is 5.56 Å². The first-order chi connectivity index (χ1) is 10.5. The second-order valence-electron chi connectivity index (χ2n) is 5.62. The quantitative estimate of drug-likeness (QED) is 0.825. The number of nitrogens with one attached hydrogen (secondary N) is 2. The number of halogens is 1. The molecule has 0 aliphatic rings. The van der Waals surface area contributed by atoms with Crippen molar-refractivity contribution in [3.05, 3.63) is 52.1 Å². The van der Waals surface area contributed by atoms with E-state index in [1.54, 1.807) is 12.3 Å². The molecule has 0 bridgehead atoms. The number of carbonyl (C=O) groups excluding carboxylic acids is 1. The van der Waals surface area contributed by atoms with Crippen molar-refractivity contribution in [3.8, 4) is 0 Å². The highest BCUT2D eigenvalue weighted by Gasteiger charge is 2.07. The van der Waals surface area contributed by atoms with E-state index in [0.717, 1.165) is 28.1 Å². The Morgan fingerprint density at radius 1 is 1.27 bits per heavy atom. The zero-order chi connectivity index (χ0) is 16.1. The zero-order valence-electron chi connectivity index (χ0n) is 13.0. The average Bonchev–Trinajstić information content (AvgIpc) is 2.49. The molecule has 0 spiro atoms.